The molecule has 13 heavy (non-hydrogen) atoms. The van der Waals surface area contributed by atoms with E-state index in [1.54, 1.807) is 6.92 Å². The quantitative estimate of drug-likeness (QED) is 0.633. The van der Waals surface area contributed by atoms with Gasteiger partial charge in [0.2, 0.25) is 0 Å². The number of halogens is 1. The molecule has 0 saturated carbocycles. The lowest BCUT2D eigenvalue weighted by molar-refractivity contribution is -0.144. The highest BCUT2D eigenvalue weighted by molar-refractivity contribution is 5.85. The Bertz CT molecular complexity index is 174. The molecule has 3 N–H and O–H groups in total. The van der Waals surface area contributed by atoms with E-state index in [0.29, 0.717) is 6.61 Å². The number of hydrogen-bond acceptors (Lipinski definition) is 4. The molecule has 78 valence electrons. The summed E-state index contributed by atoms with van der Waals surface area (Å²) < 4.78 is 4.58. The molecule has 5 nitrogen and oxygen atoms in total. The zero-order valence-corrected chi connectivity index (χ0v) is 8.17. The number of ether oxygens (including phenoxy) is 1. The van der Waals surface area contributed by atoms with Crippen molar-refractivity contribution in [2.45, 2.75) is 25.8 Å². The van der Waals surface area contributed by atoms with E-state index in [9.17, 15) is 9.59 Å². The van der Waals surface area contributed by atoms with Crippen molar-refractivity contribution in [2.75, 3.05) is 6.61 Å². The first kappa shape index (κ1) is 14.7. The molecule has 0 radical (unpaired) electrons. The molecule has 0 aliphatic carbocycles. The van der Waals surface area contributed by atoms with E-state index >= 15 is 0 Å². The largest absolute Gasteiger partial charge is 0.481 e. The van der Waals surface area contributed by atoms with E-state index in [4.69, 9.17) is 10.8 Å². The Morgan fingerprint density at radius 1 is 1.46 bits per heavy atom. The molecule has 0 aromatic carbocycles. The molecule has 0 aromatic heterocycles. The Hall–Kier alpha value is -0.810. The Balaban J connectivity index is 0. The molecule has 0 aromatic rings. The van der Waals surface area contributed by atoms with Crippen LogP contribution in [0, 0.1) is 0 Å². The van der Waals surface area contributed by atoms with Gasteiger partial charge < -0.3 is 15.6 Å². The summed E-state index contributed by atoms with van der Waals surface area (Å²) in [6.07, 6.45) is -0.251. The fraction of sp³-hybridized carbons (Fsp3) is 0.714. The van der Waals surface area contributed by atoms with E-state index in [2.05, 4.69) is 4.74 Å². The van der Waals surface area contributed by atoms with Crippen LogP contribution in [0.2, 0.25) is 0 Å². The van der Waals surface area contributed by atoms with Gasteiger partial charge in [0.15, 0.2) is 0 Å². The second-order valence-corrected chi connectivity index (χ2v) is 2.37. The first-order chi connectivity index (χ1) is 5.56. The second-order valence-electron chi connectivity index (χ2n) is 2.37. The summed E-state index contributed by atoms with van der Waals surface area (Å²) in [5, 5.41) is 8.29. The predicted octanol–water partition coefficient (Wildman–Crippen LogP) is 0.163. The van der Waals surface area contributed by atoms with Gasteiger partial charge in [-0.15, -0.1) is 12.4 Å². The predicted molar refractivity (Wildman–Crippen MR) is 48.7 cm³/mol. The summed E-state index contributed by atoms with van der Waals surface area (Å²) in [4.78, 5) is 20.9. The Morgan fingerprint density at radius 2 is 2.00 bits per heavy atom. The fourth-order valence-corrected chi connectivity index (χ4v) is 0.730. The van der Waals surface area contributed by atoms with Gasteiger partial charge in [-0.1, -0.05) is 0 Å². The molecule has 0 bridgehead atoms. The van der Waals surface area contributed by atoms with Crippen molar-refractivity contribution in [3.05, 3.63) is 0 Å². The Morgan fingerprint density at radius 3 is 2.38 bits per heavy atom. The summed E-state index contributed by atoms with van der Waals surface area (Å²) in [5.74, 6) is -1.46. The van der Waals surface area contributed by atoms with Crippen LogP contribution in [-0.4, -0.2) is 29.7 Å². The normalized spacial score (nSPS) is 11.2. The molecule has 0 amide bonds. The van der Waals surface area contributed by atoms with E-state index in [1.807, 2.05) is 0 Å². The number of rotatable bonds is 5. The van der Waals surface area contributed by atoms with Crippen molar-refractivity contribution in [3.63, 3.8) is 0 Å². The number of carboxylic acids is 1. The average molecular weight is 212 g/mol. The van der Waals surface area contributed by atoms with Gasteiger partial charge in [-0.25, -0.2) is 0 Å². The van der Waals surface area contributed by atoms with E-state index in [1.165, 1.54) is 0 Å². The summed E-state index contributed by atoms with van der Waals surface area (Å²) in [6.45, 7) is 1.97. The number of nitrogens with two attached hydrogens (primary N) is 1. The van der Waals surface area contributed by atoms with Crippen molar-refractivity contribution in [2.24, 2.45) is 5.73 Å². The van der Waals surface area contributed by atoms with Crippen molar-refractivity contribution < 1.29 is 19.4 Å². The molecule has 0 aliphatic rings. The minimum absolute atomic E-state index is 0. The zero-order valence-electron chi connectivity index (χ0n) is 7.36. The van der Waals surface area contributed by atoms with Crippen LogP contribution in [0.25, 0.3) is 0 Å². The lowest BCUT2D eigenvalue weighted by atomic mass is 10.1. The van der Waals surface area contributed by atoms with Crippen LogP contribution < -0.4 is 5.73 Å². The first-order valence-corrected chi connectivity index (χ1v) is 3.69. The van der Waals surface area contributed by atoms with Crippen molar-refractivity contribution in [1.29, 1.82) is 0 Å². The van der Waals surface area contributed by atoms with Gasteiger partial charge in [-0.05, 0) is 6.92 Å². The third-order valence-corrected chi connectivity index (χ3v) is 1.17. The third kappa shape index (κ3) is 9.10. The average Bonchev–Trinajstić information content (AvgIpc) is 1.84. The van der Waals surface area contributed by atoms with Crippen molar-refractivity contribution in [3.8, 4) is 0 Å². The number of carbonyl (C=O) groups excluding carboxylic acids is 1. The van der Waals surface area contributed by atoms with Gasteiger partial charge >= 0.3 is 11.9 Å². The number of aliphatic carboxylic acids is 1. The highest BCUT2D eigenvalue weighted by atomic mass is 35.5. The molecule has 1 atom stereocenters. The summed E-state index contributed by atoms with van der Waals surface area (Å²) >= 11 is 0. The summed E-state index contributed by atoms with van der Waals surface area (Å²) in [7, 11) is 0. The van der Waals surface area contributed by atoms with Gasteiger partial charge in [0, 0.05) is 6.04 Å². The second kappa shape index (κ2) is 7.82. The minimum atomic E-state index is -1.01. The Kier molecular flexibility index (Phi) is 8.84. The van der Waals surface area contributed by atoms with Crippen LogP contribution in [0.5, 0.6) is 0 Å². The van der Waals surface area contributed by atoms with E-state index < -0.39 is 18.0 Å². The highest BCUT2D eigenvalue weighted by Crippen LogP contribution is 1.96. The van der Waals surface area contributed by atoms with Crippen LogP contribution in [0.1, 0.15) is 19.8 Å². The van der Waals surface area contributed by atoms with E-state index in [-0.39, 0.29) is 25.2 Å². The lowest BCUT2D eigenvalue weighted by Crippen LogP contribution is -2.27. The number of hydrogen-bond donors (Lipinski definition) is 2. The monoisotopic (exact) mass is 211 g/mol. The molecule has 0 spiro atoms. The number of esters is 1. The number of carboxylic acid groups (broad SMARTS) is 1. The third-order valence-electron chi connectivity index (χ3n) is 1.17. The Labute approximate surface area is 82.7 Å². The standard InChI is InChI=1S/C7H13NO4.ClH/c1-2-12-7(11)4-5(8)3-6(9)10;/h5H,2-4,8H2,1H3,(H,9,10);1H/t5-;/m0./s1. The van der Waals surface area contributed by atoms with Gasteiger partial charge in [-0.2, -0.15) is 0 Å². The van der Waals surface area contributed by atoms with Crippen LogP contribution >= 0.6 is 12.4 Å². The fourth-order valence-electron chi connectivity index (χ4n) is 0.730. The van der Waals surface area contributed by atoms with Gasteiger partial charge in [0.1, 0.15) is 0 Å². The summed E-state index contributed by atoms with van der Waals surface area (Å²) in [6, 6.07) is -0.651. The maximum atomic E-state index is 10.7. The van der Waals surface area contributed by atoms with E-state index in [0.717, 1.165) is 0 Å². The molecule has 0 unspecified atom stereocenters. The zero-order chi connectivity index (χ0) is 9.56. The minimum Gasteiger partial charge on any atom is -0.481 e. The summed E-state index contributed by atoms with van der Waals surface area (Å²) in [5.41, 5.74) is 5.32. The highest BCUT2D eigenvalue weighted by Gasteiger charge is 2.13. The van der Waals surface area contributed by atoms with Gasteiger partial charge in [0.05, 0.1) is 19.4 Å². The van der Waals surface area contributed by atoms with Crippen LogP contribution in [0.4, 0.5) is 0 Å². The molecular formula is C7H14ClNO4. The molecule has 0 rings (SSSR count). The van der Waals surface area contributed by atoms with Crippen LogP contribution in [-0.2, 0) is 14.3 Å². The van der Waals surface area contributed by atoms with Gasteiger partial charge in [-0.3, -0.25) is 9.59 Å². The first-order valence-electron chi connectivity index (χ1n) is 3.69. The van der Waals surface area contributed by atoms with Gasteiger partial charge in [0.25, 0.3) is 0 Å². The SMILES string of the molecule is CCOC(=O)C[C@@H](N)CC(=O)O.Cl. The maximum Gasteiger partial charge on any atom is 0.307 e. The maximum absolute atomic E-state index is 10.7. The molecule has 0 fully saturated rings. The molecule has 0 aliphatic heterocycles. The molecule has 0 saturated heterocycles. The lowest BCUT2D eigenvalue weighted by Gasteiger charge is -2.06. The number of carbonyl (C=O) groups is 2. The molecular weight excluding hydrogens is 198 g/mol. The smallest absolute Gasteiger partial charge is 0.307 e. The molecule has 6 heteroatoms. The van der Waals surface area contributed by atoms with Crippen LogP contribution in [0.3, 0.4) is 0 Å². The van der Waals surface area contributed by atoms with Crippen LogP contribution in [0.15, 0.2) is 0 Å². The van der Waals surface area contributed by atoms with Crippen molar-refractivity contribution >= 4 is 24.3 Å². The topological polar surface area (TPSA) is 89.6 Å². The van der Waals surface area contributed by atoms with Crippen molar-refractivity contribution in [1.82, 2.24) is 0 Å². The molecule has 0 heterocycles.